The van der Waals surface area contributed by atoms with E-state index in [0.717, 1.165) is 55.0 Å². The van der Waals surface area contributed by atoms with Crippen molar-refractivity contribution in [1.29, 1.82) is 0 Å². The molecule has 3 N–H and O–H groups in total. The Balaban J connectivity index is 1.30. The molecule has 0 saturated heterocycles. The van der Waals surface area contributed by atoms with Crippen LogP contribution in [0.1, 0.15) is 51.0 Å². The zero-order valence-corrected chi connectivity index (χ0v) is 22.5. The summed E-state index contributed by atoms with van der Waals surface area (Å²) >= 11 is 0. The fourth-order valence-corrected chi connectivity index (χ4v) is 5.55. The lowest BCUT2D eigenvalue weighted by molar-refractivity contribution is 0.237. The molecule has 1 aromatic heterocycles. The molecule has 4 amide bonds. The molecule has 0 unspecified atom stereocenters. The molecule has 0 atom stereocenters. The van der Waals surface area contributed by atoms with Gasteiger partial charge in [0, 0.05) is 24.5 Å². The predicted molar refractivity (Wildman–Crippen MR) is 149 cm³/mol. The average Bonchev–Trinajstić information content (AvgIpc) is 2.92. The van der Waals surface area contributed by atoms with Crippen LogP contribution in [0.4, 0.5) is 15.4 Å². The highest BCUT2D eigenvalue weighted by molar-refractivity contribution is 7.90. The minimum atomic E-state index is -3.97. The molecule has 10 heteroatoms. The lowest BCUT2D eigenvalue weighted by Gasteiger charge is -2.22. The van der Waals surface area contributed by atoms with Gasteiger partial charge in [-0.05, 0) is 61.6 Å². The lowest BCUT2D eigenvalue weighted by atomic mass is 9.96. The van der Waals surface area contributed by atoms with Crippen LogP contribution < -0.4 is 20.3 Å². The van der Waals surface area contributed by atoms with Gasteiger partial charge < -0.3 is 10.6 Å². The summed E-state index contributed by atoms with van der Waals surface area (Å²) < 4.78 is 27.3. The number of amides is 4. The van der Waals surface area contributed by atoms with Crippen molar-refractivity contribution in [2.45, 2.75) is 62.8 Å². The Morgan fingerprint density at radius 2 is 1.71 bits per heavy atom. The van der Waals surface area contributed by atoms with E-state index in [2.05, 4.69) is 20.3 Å². The number of aromatic nitrogens is 1. The summed E-state index contributed by atoms with van der Waals surface area (Å²) in [5.74, 6) is 0.595. The molecule has 1 aliphatic carbocycles. The zero-order valence-electron chi connectivity index (χ0n) is 21.7. The maximum Gasteiger partial charge on any atom is 0.328 e. The largest absolute Gasteiger partial charge is 0.337 e. The average molecular weight is 538 g/mol. The number of nitrogens with zero attached hydrogens (tertiary/aromatic N) is 2. The minimum Gasteiger partial charge on any atom is -0.337 e. The molecule has 1 saturated carbocycles. The van der Waals surface area contributed by atoms with Crippen molar-refractivity contribution >= 4 is 38.8 Å². The first-order valence-electron chi connectivity index (χ1n) is 13.2. The molecule has 9 nitrogen and oxygen atoms in total. The third kappa shape index (κ3) is 7.22. The van der Waals surface area contributed by atoms with Gasteiger partial charge in [-0.3, -0.25) is 4.90 Å². The second-order valence-corrected chi connectivity index (χ2v) is 11.2. The van der Waals surface area contributed by atoms with Gasteiger partial charge in [-0.15, -0.1) is 0 Å². The van der Waals surface area contributed by atoms with Crippen LogP contribution in [0.3, 0.4) is 0 Å². The van der Waals surface area contributed by atoms with Gasteiger partial charge in [-0.1, -0.05) is 56.5 Å². The number of carbonyl (C=O) groups excluding carboxylic acids is 2. The molecule has 1 aliphatic rings. The van der Waals surface area contributed by atoms with Crippen LogP contribution in [0.5, 0.6) is 0 Å². The standard InChI is InChI=1S/C28H35N5O4S/c1-2-20-33(26-17-14-22-8-6-7-11-25(22)31-26)28(35)29-19-18-21-12-15-24(16-13-21)38(36,37)32-27(34)30-23-9-4-3-5-10-23/h6-8,11-17,23H,2-5,9-10,18-20H2,1H3,(H,29,35)(H2,30,32,34). The smallest absolute Gasteiger partial charge is 0.328 e. The number of urea groups is 2. The van der Waals surface area contributed by atoms with E-state index in [9.17, 15) is 18.0 Å². The Morgan fingerprint density at radius 1 is 0.974 bits per heavy atom. The summed E-state index contributed by atoms with van der Waals surface area (Å²) in [5.41, 5.74) is 1.69. The summed E-state index contributed by atoms with van der Waals surface area (Å²) in [6, 6.07) is 17.0. The summed E-state index contributed by atoms with van der Waals surface area (Å²) in [6.07, 6.45) is 6.26. The first-order chi connectivity index (χ1) is 18.4. The van der Waals surface area contributed by atoms with Gasteiger partial charge in [0.05, 0.1) is 10.4 Å². The van der Waals surface area contributed by atoms with E-state index in [0.29, 0.717) is 25.3 Å². The van der Waals surface area contributed by atoms with Crippen LogP contribution in [0, 0.1) is 0 Å². The van der Waals surface area contributed by atoms with Crippen LogP contribution in [0.15, 0.2) is 65.6 Å². The van der Waals surface area contributed by atoms with Crippen LogP contribution in [0.2, 0.25) is 0 Å². The molecule has 0 aliphatic heterocycles. The summed E-state index contributed by atoms with van der Waals surface area (Å²) in [6.45, 7) is 2.91. The van der Waals surface area contributed by atoms with Gasteiger partial charge in [0.15, 0.2) is 0 Å². The molecule has 38 heavy (non-hydrogen) atoms. The second-order valence-electron chi connectivity index (χ2n) is 9.55. The van der Waals surface area contributed by atoms with E-state index in [1.165, 1.54) is 12.1 Å². The lowest BCUT2D eigenvalue weighted by Crippen LogP contribution is -2.45. The molecule has 4 rings (SSSR count). The third-order valence-electron chi connectivity index (χ3n) is 6.64. The molecule has 1 fully saturated rings. The fraction of sp³-hybridized carbons (Fsp3) is 0.393. The van der Waals surface area contributed by atoms with Gasteiger partial charge in [-0.25, -0.2) is 27.7 Å². The third-order valence-corrected chi connectivity index (χ3v) is 7.99. The Bertz CT molecular complexity index is 1360. The number of carbonyl (C=O) groups is 2. The van der Waals surface area contributed by atoms with Crippen molar-refractivity contribution in [3.05, 3.63) is 66.2 Å². The van der Waals surface area contributed by atoms with Gasteiger partial charge in [0.1, 0.15) is 5.82 Å². The minimum absolute atomic E-state index is 0.0144. The molecule has 2 aromatic carbocycles. The Morgan fingerprint density at radius 3 is 2.45 bits per heavy atom. The van der Waals surface area contributed by atoms with E-state index in [1.807, 2.05) is 43.3 Å². The van der Waals surface area contributed by atoms with E-state index in [1.54, 1.807) is 17.0 Å². The van der Waals surface area contributed by atoms with E-state index >= 15 is 0 Å². The number of hydrogen-bond acceptors (Lipinski definition) is 5. The monoisotopic (exact) mass is 537 g/mol. The van der Waals surface area contributed by atoms with Crippen molar-refractivity contribution in [1.82, 2.24) is 20.3 Å². The molecule has 1 heterocycles. The summed E-state index contributed by atoms with van der Waals surface area (Å²) in [4.78, 5) is 31.4. The zero-order chi connectivity index (χ0) is 27.0. The maximum atomic E-state index is 12.9. The number of anilines is 1. The highest BCUT2D eigenvalue weighted by Crippen LogP contribution is 2.19. The molecule has 0 radical (unpaired) electrons. The molecule has 0 bridgehead atoms. The number of sulfonamides is 1. The Labute approximate surface area is 224 Å². The number of pyridine rings is 1. The second kappa shape index (κ2) is 12.7. The Hall–Kier alpha value is -3.66. The first kappa shape index (κ1) is 27.4. The molecule has 202 valence electrons. The molecular formula is C28H35N5O4S. The van der Waals surface area contributed by atoms with E-state index in [4.69, 9.17) is 0 Å². The molecule has 3 aromatic rings. The summed E-state index contributed by atoms with van der Waals surface area (Å²) in [7, 11) is -3.97. The highest BCUT2D eigenvalue weighted by Gasteiger charge is 2.21. The topological polar surface area (TPSA) is 121 Å². The van der Waals surface area contributed by atoms with Crippen LogP contribution in [-0.4, -0.2) is 44.6 Å². The van der Waals surface area contributed by atoms with Crippen molar-refractivity contribution in [3.8, 4) is 0 Å². The van der Waals surface area contributed by atoms with Gasteiger partial charge >= 0.3 is 12.1 Å². The number of nitrogens with one attached hydrogen (secondary N) is 3. The highest BCUT2D eigenvalue weighted by atomic mass is 32.2. The SMILES string of the molecule is CCCN(C(=O)NCCc1ccc(S(=O)(=O)NC(=O)NC2CCCCC2)cc1)c1ccc2ccccc2n1. The van der Waals surface area contributed by atoms with Gasteiger partial charge in [0.25, 0.3) is 10.0 Å². The van der Waals surface area contributed by atoms with Gasteiger partial charge in [-0.2, -0.15) is 0 Å². The van der Waals surface area contributed by atoms with Crippen LogP contribution in [0.25, 0.3) is 10.9 Å². The maximum absolute atomic E-state index is 12.9. The summed E-state index contributed by atoms with van der Waals surface area (Å²) in [5, 5.41) is 6.70. The predicted octanol–water partition coefficient (Wildman–Crippen LogP) is 4.72. The van der Waals surface area contributed by atoms with Crippen molar-refractivity contribution in [2.75, 3.05) is 18.0 Å². The number of hydrogen-bond donors (Lipinski definition) is 3. The van der Waals surface area contributed by atoms with Crippen molar-refractivity contribution < 1.29 is 18.0 Å². The fourth-order valence-electron chi connectivity index (χ4n) is 4.64. The first-order valence-corrected chi connectivity index (χ1v) is 14.7. The number of benzene rings is 2. The van der Waals surface area contributed by atoms with Crippen molar-refractivity contribution in [3.63, 3.8) is 0 Å². The molecule has 0 spiro atoms. The Kier molecular flexibility index (Phi) is 9.17. The normalized spacial score (nSPS) is 14.1. The van der Waals surface area contributed by atoms with E-state index in [-0.39, 0.29) is 17.0 Å². The number of fused-ring (bicyclic) bond motifs is 1. The molecular weight excluding hydrogens is 502 g/mol. The number of rotatable bonds is 9. The van der Waals surface area contributed by atoms with Crippen LogP contribution in [-0.2, 0) is 16.4 Å². The quantitative estimate of drug-likeness (QED) is 0.365. The van der Waals surface area contributed by atoms with Crippen LogP contribution >= 0.6 is 0 Å². The number of para-hydroxylation sites is 1. The van der Waals surface area contributed by atoms with Gasteiger partial charge in [0.2, 0.25) is 0 Å². The van der Waals surface area contributed by atoms with Crippen molar-refractivity contribution in [2.24, 2.45) is 0 Å². The van der Waals surface area contributed by atoms with E-state index < -0.39 is 16.1 Å².